The zero-order chi connectivity index (χ0) is 9.03. The van der Waals surface area contributed by atoms with Gasteiger partial charge in [-0.1, -0.05) is 6.42 Å². The van der Waals surface area contributed by atoms with Gasteiger partial charge in [0.2, 0.25) is 0 Å². The Balaban J connectivity index is 2.37. The Bertz CT molecular complexity index is 138. The van der Waals surface area contributed by atoms with Crippen molar-refractivity contribution in [2.45, 2.75) is 32.0 Å². The number of likely N-dealkylation sites (N-methyl/N-ethyl adjacent to an activating group) is 1. The standard InChI is InChI=1S/C9H21NOSi/c1-10-6-4-5-9-12(2,3)11-8-7-10/h4-9H2,1-3H3. The first-order valence-corrected chi connectivity index (χ1v) is 8.04. The average molecular weight is 187 g/mol. The third kappa shape index (κ3) is 3.69. The van der Waals surface area contributed by atoms with E-state index in [1.807, 2.05) is 0 Å². The lowest BCUT2D eigenvalue weighted by Crippen LogP contribution is -2.32. The van der Waals surface area contributed by atoms with E-state index in [9.17, 15) is 0 Å². The average Bonchev–Trinajstić information content (AvgIpc) is 2.02. The molecule has 1 rings (SSSR count). The third-order valence-corrected chi connectivity index (χ3v) is 5.08. The van der Waals surface area contributed by atoms with E-state index >= 15 is 0 Å². The van der Waals surface area contributed by atoms with E-state index in [2.05, 4.69) is 25.0 Å². The van der Waals surface area contributed by atoms with Gasteiger partial charge in [0.1, 0.15) is 0 Å². The fourth-order valence-corrected chi connectivity index (χ4v) is 3.48. The van der Waals surface area contributed by atoms with Gasteiger partial charge in [0, 0.05) is 13.2 Å². The summed E-state index contributed by atoms with van der Waals surface area (Å²) in [5.41, 5.74) is 0. The van der Waals surface area contributed by atoms with Crippen molar-refractivity contribution in [3.05, 3.63) is 0 Å². The van der Waals surface area contributed by atoms with Crippen molar-refractivity contribution < 1.29 is 4.43 Å². The molecule has 1 heterocycles. The van der Waals surface area contributed by atoms with E-state index in [4.69, 9.17) is 4.43 Å². The number of rotatable bonds is 0. The predicted octanol–water partition coefficient (Wildman–Crippen LogP) is 1.93. The molecule has 1 aliphatic rings. The van der Waals surface area contributed by atoms with Crippen LogP contribution in [0.5, 0.6) is 0 Å². The maximum atomic E-state index is 5.92. The molecule has 0 saturated carbocycles. The molecule has 0 bridgehead atoms. The van der Waals surface area contributed by atoms with Crippen molar-refractivity contribution in [3.63, 3.8) is 0 Å². The molecule has 0 spiro atoms. The predicted molar refractivity (Wildman–Crippen MR) is 55.0 cm³/mol. The molecule has 0 radical (unpaired) electrons. The fraction of sp³-hybridized carbons (Fsp3) is 1.00. The monoisotopic (exact) mass is 187 g/mol. The SMILES string of the molecule is CN1CCCC[Si](C)(C)OCC1. The molecule has 3 heteroatoms. The maximum Gasteiger partial charge on any atom is 0.186 e. The van der Waals surface area contributed by atoms with Crippen molar-refractivity contribution in [2.75, 3.05) is 26.7 Å². The molecule has 12 heavy (non-hydrogen) atoms. The Morgan fingerprint density at radius 3 is 2.67 bits per heavy atom. The van der Waals surface area contributed by atoms with Crippen LogP contribution < -0.4 is 0 Å². The van der Waals surface area contributed by atoms with Crippen molar-refractivity contribution in [1.29, 1.82) is 0 Å². The Kier molecular flexibility index (Phi) is 3.74. The smallest absolute Gasteiger partial charge is 0.186 e. The van der Waals surface area contributed by atoms with E-state index < -0.39 is 8.32 Å². The molecule has 72 valence electrons. The lowest BCUT2D eigenvalue weighted by molar-refractivity contribution is 0.238. The van der Waals surface area contributed by atoms with Gasteiger partial charge in [0.05, 0.1) is 0 Å². The van der Waals surface area contributed by atoms with Crippen LogP contribution in [0.1, 0.15) is 12.8 Å². The van der Waals surface area contributed by atoms with Gasteiger partial charge in [-0.2, -0.15) is 0 Å². The van der Waals surface area contributed by atoms with Crippen LogP contribution in [0.15, 0.2) is 0 Å². The molecule has 0 aliphatic carbocycles. The second-order valence-electron chi connectivity index (χ2n) is 4.37. The lowest BCUT2D eigenvalue weighted by Gasteiger charge is -2.22. The normalized spacial score (nSPS) is 27.2. The number of hydrogen-bond donors (Lipinski definition) is 0. The minimum Gasteiger partial charge on any atom is -0.416 e. The molecule has 0 aromatic carbocycles. The van der Waals surface area contributed by atoms with Crippen LogP contribution in [0.4, 0.5) is 0 Å². The minimum absolute atomic E-state index is 0.940. The summed E-state index contributed by atoms with van der Waals surface area (Å²) < 4.78 is 5.92. The highest BCUT2D eigenvalue weighted by Crippen LogP contribution is 2.16. The van der Waals surface area contributed by atoms with Gasteiger partial charge in [-0.05, 0) is 39.2 Å². The van der Waals surface area contributed by atoms with Crippen LogP contribution in [-0.4, -0.2) is 40.0 Å². The van der Waals surface area contributed by atoms with E-state index in [1.54, 1.807) is 0 Å². The van der Waals surface area contributed by atoms with Crippen molar-refractivity contribution in [3.8, 4) is 0 Å². The summed E-state index contributed by atoms with van der Waals surface area (Å²) in [5.74, 6) is 0. The highest BCUT2D eigenvalue weighted by molar-refractivity contribution is 6.71. The minimum atomic E-state index is -1.26. The summed E-state index contributed by atoms with van der Waals surface area (Å²) >= 11 is 0. The summed E-state index contributed by atoms with van der Waals surface area (Å²) in [6, 6.07) is 1.33. The van der Waals surface area contributed by atoms with Crippen molar-refractivity contribution in [1.82, 2.24) is 4.90 Å². The third-order valence-electron chi connectivity index (χ3n) is 2.53. The topological polar surface area (TPSA) is 12.5 Å². The molecule has 1 saturated heterocycles. The zero-order valence-corrected chi connectivity index (χ0v) is 9.60. The zero-order valence-electron chi connectivity index (χ0n) is 8.60. The summed E-state index contributed by atoms with van der Waals surface area (Å²) in [4.78, 5) is 2.37. The van der Waals surface area contributed by atoms with Crippen LogP contribution in [0.3, 0.4) is 0 Å². The second kappa shape index (κ2) is 4.39. The highest BCUT2D eigenvalue weighted by atomic mass is 28.4. The van der Waals surface area contributed by atoms with Crippen LogP contribution in [0.2, 0.25) is 19.1 Å². The molecule has 0 N–H and O–H groups in total. The molecule has 0 unspecified atom stereocenters. The van der Waals surface area contributed by atoms with Crippen molar-refractivity contribution >= 4 is 8.32 Å². The van der Waals surface area contributed by atoms with E-state index in [0.29, 0.717) is 0 Å². The summed E-state index contributed by atoms with van der Waals surface area (Å²) in [5, 5.41) is 0. The largest absolute Gasteiger partial charge is 0.416 e. The molecular formula is C9H21NOSi. The molecule has 0 aromatic rings. The molecule has 0 atom stereocenters. The van der Waals surface area contributed by atoms with Gasteiger partial charge in [0.25, 0.3) is 0 Å². The van der Waals surface area contributed by atoms with Crippen LogP contribution in [0, 0.1) is 0 Å². The second-order valence-corrected chi connectivity index (χ2v) is 8.68. The van der Waals surface area contributed by atoms with E-state index in [1.165, 1.54) is 25.4 Å². The van der Waals surface area contributed by atoms with Gasteiger partial charge in [-0.15, -0.1) is 0 Å². The van der Waals surface area contributed by atoms with Gasteiger partial charge < -0.3 is 9.33 Å². The Labute approximate surface area is 77.0 Å². The molecule has 0 aromatic heterocycles. The van der Waals surface area contributed by atoms with Crippen LogP contribution in [0.25, 0.3) is 0 Å². The molecule has 2 nitrogen and oxygen atoms in total. The van der Waals surface area contributed by atoms with Gasteiger partial charge in [0.15, 0.2) is 8.32 Å². The molecular weight excluding hydrogens is 166 g/mol. The first-order chi connectivity index (χ1) is 5.60. The van der Waals surface area contributed by atoms with Gasteiger partial charge in [-0.25, -0.2) is 0 Å². The summed E-state index contributed by atoms with van der Waals surface area (Å²) in [7, 11) is 0.922. The summed E-state index contributed by atoms with van der Waals surface area (Å²) in [6.07, 6.45) is 2.69. The summed E-state index contributed by atoms with van der Waals surface area (Å²) in [6.45, 7) is 7.95. The van der Waals surface area contributed by atoms with E-state index in [-0.39, 0.29) is 0 Å². The number of nitrogens with zero attached hydrogens (tertiary/aromatic N) is 1. The first-order valence-electron chi connectivity index (χ1n) is 4.93. The van der Waals surface area contributed by atoms with Gasteiger partial charge in [-0.3, -0.25) is 0 Å². The first kappa shape index (κ1) is 10.2. The molecule has 0 amide bonds. The van der Waals surface area contributed by atoms with Gasteiger partial charge >= 0.3 is 0 Å². The Morgan fingerprint density at radius 1 is 1.17 bits per heavy atom. The lowest BCUT2D eigenvalue weighted by atomic mass is 10.3. The Morgan fingerprint density at radius 2 is 1.92 bits per heavy atom. The molecule has 1 fully saturated rings. The van der Waals surface area contributed by atoms with Crippen molar-refractivity contribution in [2.24, 2.45) is 0 Å². The number of hydrogen-bond acceptors (Lipinski definition) is 2. The highest BCUT2D eigenvalue weighted by Gasteiger charge is 2.22. The van der Waals surface area contributed by atoms with Crippen LogP contribution in [-0.2, 0) is 4.43 Å². The Hall–Kier alpha value is 0.137. The maximum absolute atomic E-state index is 5.92. The quantitative estimate of drug-likeness (QED) is 0.537. The molecule has 1 aliphatic heterocycles. The fourth-order valence-electron chi connectivity index (χ4n) is 1.59. The van der Waals surface area contributed by atoms with E-state index in [0.717, 1.165) is 13.2 Å². The van der Waals surface area contributed by atoms with Crippen LogP contribution >= 0.6 is 0 Å².